The molecule has 0 amide bonds. The Hall–Kier alpha value is -0.580. The molecular formula is C8H9BrO3. The van der Waals surface area contributed by atoms with Crippen LogP contribution in [-0.4, -0.2) is 21.9 Å². The van der Waals surface area contributed by atoms with Gasteiger partial charge in [-0.2, -0.15) is 0 Å². The van der Waals surface area contributed by atoms with Crippen molar-refractivity contribution in [1.29, 1.82) is 0 Å². The standard InChI is InChI=1S/C8H9BrO3/c9-7-2-1-5(11)3-6(7)8(12)4-10/h1-3,8,10-12H,4H2. The quantitative estimate of drug-likeness (QED) is 0.718. The van der Waals surface area contributed by atoms with Crippen LogP contribution in [0.2, 0.25) is 0 Å². The molecule has 0 aliphatic rings. The lowest BCUT2D eigenvalue weighted by Crippen LogP contribution is -2.02. The van der Waals surface area contributed by atoms with Crippen LogP contribution in [0.25, 0.3) is 0 Å². The molecule has 0 bridgehead atoms. The Labute approximate surface area is 78.4 Å². The third-order valence-corrected chi connectivity index (χ3v) is 2.23. The molecule has 1 unspecified atom stereocenters. The van der Waals surface area contributed by atoms with E-state index in [0.717, 1.165) is 0 Å². The minimum absolute atomic E-state index is 0.0701. The summed E-state index contributed by atoms with van der Waals surface area (Å²) < 4.78 is 0.668. The molecule has 0 aromatic heterocycles. The van der Waals surface area contributed by atoms with Gasteiger partial charge < -0.3 is 15.3 Å². The number of aromatic hydroxyl groups is 1. The topological polar surface area (TPSA) is 60.7 Å². The van der Waals surface area contributed by atoms with Crippen LogP contribution in [0, 0.1) is 0 Å². The summed E-state index contributed by atoms with van der Waals surface area (Å²) in [6.07, 6.45) is -0.952. The number of hydrogen-bond donors (Lipinski definition) is 3. The highest BCUT2D eigenvalue weighted by Crippen LogP contribution is 2.26. The van der Waals surface area contributed by atoms with Crippen molar-refractivity contribution in [2.24, 2.45) is 0 Å². The van der Waals surface area contributed by atoms with E-state index in [0.29, 0.717) is 10.0 Å². The second-order valence-corrected chi connectivity index (χ2v) is 3.26. The Morgan fingerprint density at radius 1 is 1.42 bits per heavy atom. The van der Waals surface area contributed by atoms with Crippen LogP contribution in [0.1, 0.15) is 11.7 Å². The van der Waals surface area contributed by atoms with Gasteiger partial charge in [0, 0.05) is 10.0 Å². The summed E-state index contributed by atoms with van der Waals surface area (Å²) in [6, 6.07) is 4.52. The Morgan fingerprint density at radius 2 is 2.08 bits per heavy atom. The van der Waals surface area contributed by atoms with Crippen molar-refractivity contribution >= 4 is 15.9 Å². The van der Waals surface area contributed by atoms with Crippen molar-refractivity contribution in [2.75, 3.05) is 6.61 Å². The van der Waals surface area contributed by atoms with Gasteiger partial charge in [-0.05, 0) is 18.2 Å². The van der Waals surface area contributed by atoms with E-state index in [-0.39, 0.29) is 12.4 Å². The summed E-state index contributed by atoms with van der Waals surface area (Å²) in [5.74, 6) is 0.0701. The average molecular weight is 233 g/mol. The second-order valence-electron chi connectivity index (χ2n) is 2.40. The molecule has 0 radical (unpaired) electrons. The molecule has 0 aliphatic heterocycles. The maximum Gasteiger partial charge on any atom is 0.116 e. The summed E-state index contributed by atoms with van der Waals surface area (Å²) in [7, 11) is 0. The predicted octanol–water partition coefficient (Wildman–Crippen LogP) is 1.18. The highest BCUT2D eigenvalue weighted by molar-refractivity contribution is 9.10. The molecule has 0 spiro atoms. The molecule has 1 aromatic carbocycles. The molecule has 1 rings (SSSR count). The lowest BCUT2D eigenvalue weighted by Gasteiger charge is -2.09. The normalized spacial score (nSPS) is 12.9. The first kappa shape index (κ1) is 9.51. The zero-order valence-corrected chi connectivity index (χ0v) is 7.82. The van der Waals surface area contributed by atoms with Crippen LogP contribution in [0.15, 0.2) is 22.7 Å². The van der Waals surface area contributed by atoms with Gasteiger partial charge in [0.15, 0.2) is 0 Å². The average Bonchev–Trinajstić information content (AvgIpc) is 2.08. The summed E-state index contributed by atoms with van der Waals surface area (Å²) in [4.78, 5) is 0. The van der Waals surface area contributed by atoms with Crippen molar-refractivity contribution in [2.45, 2.75) is 6.10 Å². The number of aliphatic hydroxyl groups excluding tert-OH is 2. The van der Waals surface area contributed by atoms with Gasteiger partial charge in [-0.25, -0.2) is 0 Å². The zero-order valence-electron chi connectivity index (χ0n) is 6.24. The van der Waals surface area contributed by atoms with Crippen LogP contribution in [0.4, 0.5) is 0 Å². The lowest BCUT2D eigenvalue weighted by atomic mass is 10.1. The Kier molecular flexibility index (Phi) is 3.08. The molecule has 0 aliphatic carbocycles. The molecule has 1 aromatic rings. The van der Waals surface area contributed by atoms with Gasteiger partial charge >= 0.3 is 0 Å². The van der Waals surface area contributed by atoms with E-state index in [1.165, 1.54) is 12.1 Å². The van der Waals surface area contributed by atoms with E-state index in [2.05, 4.69) is 15.9 Å². The maximum atomic E-state index is 9.24. The fourth-order valence-electron chi connectivity index (χ4n) is 0.885. The fourth-order valence-corrected chi connectivity index (χ4v) is 1.40. The number of phenols is 1. The van der Waals surface area contributed by atoms with Crippen molar-refractivity contribution in [3.8, 4) is 5.75 Å². The van der Waals surface area contributed by atoms with Gasteiger partial charge in [-0.3, -0.25) is 0 Å². The number of aliphatic hydroxyl groups is 2. The Morgan fingerprint density at radius 3 is 2.67 bits per heavy atom. The number of hydrogen-bond acceptors (Lipinski definition) is 3. The van der Waals surface area contributed by atoms with E-state index in [4.69, 9.17) is 10.2 Å². The van der Waals surface area contributed by atoms with Gasteiger partial charge in [0.25, 0.3) is 0 Å². The second kappa shape index (κ2) is 3.89. The number of rotatable bonds is 2. The SMILES string of the molecule is OCC(O)c1cc(O)ccc1Br. The Balaban J connectivity index is 3.04. The third kappa shape index (κ3) is 1.97. The van der Waals surface area contributed by atoms with Crippen molar-refractivity contribution in [3.63, 3.8) is 0 Å². The summed E-state index contributed by atoms with van der Waals surface area (Å²) in [5, 5.41) is 27.0. The molecule has 1 atom stereocenters. The summed E-state index contributed by atoms with van der Waals surface area (Å²) in [5.41, 5.74) is 0.484. The largest absolute Gasteiger partial charge is 0.508 e. The van der Waals surface area contributed by atoms with E-state index < -0.39 is 6.10 Å². The van der Waals surface area contributed by atoms with Crippen LogP contribution in [-0.2, 0) is 0 Å². The number of benzene rings is 1. The molecule has 12 heavy (non-hydrogen) atoms. The maximum absolute atomic E-state index is 9.24. The van der Waals surface area contributed by atoms with E-state index >= 15 is 0 Å². The highest BCUT2D eigenvalue weighted by Gasteiger charge is 2.10. The molecular weight excluding hydrogens is 224 g/mol. The highest BCUT2D eigenvalue weighted by atomic mass is 79.9. The van der Waals surface area contributed by atoms with Gasteiger partial charge in [0.05, 0.1) is 6.61 Å². The van der Waals surface area contributed by atoms with Crippen molar-refractivity contribution in [3.05, 3.63) is 28.2 Å². The van der Waals surface area contributed by atoms with Crippen LogP contribution in [0.5, 0.6) is 5.75 Å². The molecule has 3 nitrogen and oxygen atoms in total. The van der Waals surface area contributed by atoms with Crippen LogP contribution in [0.3, 0.4) is 0 Å². The number of phenolic OH excluding ortho intramolecular Hbond substituents is 1. The zero-order chi connectivity index (χ0) is 9.14. The molecule has 4 heteroatoms. The minimum Gasteiger partial charge on any atom is -0.508 e. The number of halogens is 1. The van der Waals surface area contributed by atoms with Crippen LogP contribution >= 0.6 is 15.9 Å². The first-order chi connectivity index (χ1) is 5.65. The van der Waals surface area contributed by atoms with Gasteiger partial charge in [-0.15, -0.1) is 0 Å². The van der Waals surface area contributed by atoms with Gasteiger partial charge in [0.2, 0.25) is 0 Å². The molecule has 0 heterocycles. The lowest BCUT2D eigenvalue weighted by molar-refractivity contribution is 0.0949. The molecule has 0 fully saturated rings. The van der Waals surface area contributed by atoms with E-state index in [9.17, 15) is 5.11 Å². The molecule has 0 saturated carbocycles. The van der Waals surface area contributed by atoms with Crippen molar-refractivity contribution in [1.82, 2.24) is 0 Å². The molecule has 0 saturated heterocycles. The van der Waals surface area contributed by atoms with E-state index in [1.54, 1.807) is 6.07 Å². The summed E-state index contributed by atoms with van der Waals surface area (Å²) in [6.45, 7) is -0.359. The van der Waals surface area contributed by atoms with Crippen molar-refractivity contribution < 1.29 is 15.3 Å². The monoisotopic (exact) mass is 232 g/mol. The third-order valence-electron chi connectivity index (χ3n) is 1.51. The smallest absolute Gasteiger partial charge is 0.116 e. The predicted molar refractivity (Wildman–Crippen MR) is 47.9 cm³/mol. The minimum atomic E-state index is -0.952. The first-order valence-corrected chi connectivity index (χ1v) is 4.21. The first-order valence-electron chi connectivity index (χ1n) is 3.42. The Bertz CT molecular complexity index is 275. The van der Waals surface area contributed by atoms with E-state index in [1.807, 2.05) is 0 Å². The summed E-state index contributed by atoms with van der Waals surface area (Å²) >= 11 is 3.19. The van der Waals surface area contributed by atoms with Gasteiger partial charge in [0.1, 0.15) is 11.9 Å². The van der Waals surface area contributed by atoms with Gasteiger partial charge in [-0.1, -0.05) is 15.9 Å². The van der Waals surface area contributed by atoms with Crippen LogP contribution < -0.4 is 0 Å². The molecule has 66 valence electrons. The fraction of sp³-hybridized carbons (Fsp3) is 0.250. The molecule has 3 N–H and O–H groups in total.